The fourth-order valence-corrected chi connectivity index (χ4v) is 2.26. The van der Waals surface area contributed by atoms with Crippen LogP contribution in [0.3, 0.4) is 0 Å². The van der Waals surface area contributed by atoms with Crippen molar-refractivity contribution >= 4 is 17.3 Å². The maximum atomic E-state index is 12.5. The highest BCUT2D eigenvalue weighted by atomic mass is 19.4. The third kappa shape index (κ3) is 3.66. The highest BCUT2D eigenvalue weighted by Crippen LogP contribution is 2.26. The molecule has 0 radical (unpaired) electrons. The molecule has 1 aromatic carbocycles. The van der Waals surface area contributed by atoms with Crippen molar-refractivity contribution in [2.75, 3.05) is 42.6 Å². The van der Waals surface area contributed by atoms with Crippen LogP contribution in [-0.2, 0) is 9.53 Å². The average molecular weight is 302 g/mol. The Kier molecular flexibility index (Phi) is 4.72. The van der Waals surface area contributed by atoms with E-state index in [1.54, 1.807) is 12.1 Å². The fourth-order valence-electron chi connectivity index (χ4n) is 2.26. The van der Waals surface area contributed by atoms with Crippen molar-refractivity contribution in [1.82, 2.24) is 0 Å². The number of carbonyl (C=O) groups excluding carboxylic acids is 1. The number of halogens is 3. The Morgan fingerprint density at radius 2 is 1.81 bits per heavy atom. The quantitative estimate of drug-likeness (QED) is 0.860. The van der Waals surface area contributed by atoms with Gasteiger partial charge < -0.3 is 14.5 Å². The number of nitrogens with zero attached hydrogens (tertiary/aromatic N) is 2. The first kappa shape index (κ1) is 15.6. The van der Waals surface area contributed by atoms with Crippen LogP contribution in [0.2, 0.25) is 0 Å². The smallest absolute Gasteiger partial charge is 0.378 e. The molecule has 116 valence electrons. The van der Waals surface area contributed by atoms with Gasteiger partial charge in [-0.15, -0.1) is 0 Å². The minimum atomic E-state index is -4.86. The fraction of sp³-hybridized carbons (Fsp3) is 0.500. The summed E-state index contributed by atoms with van der Waals surface area (Å²) >= 11 is 0. The molecule has 1 fully saturated rings. The molecule has 1 aliphatic rings. The Bertz CT molecular complexity index is 482. The van der Waals surface area contributed by atoms with E-state index in [1.165, 1.54) is 19.1 Å². The summed E-state index contributed by atoms with van der Waals surface area (Å²) in [7, 11) is 0. The van der Waals surface area contributed by atoms with E-state index in [9.17, 15) is 18.0 Å². The molecule has 1 aromatic rings. The van der Waals surface area contributed by atoms with Crippen molar-refractivity contribution in [2.45, 2.75) is 13.1 Å². The zero-order valence-electron chi connectivity index (χ0n) is 11.7. The lowest BCUT2D eigenvalue weighted by Gasteiger charge is -2.29. The van der Waals surface area contributed by atoms with Crippen molar-refractivity contribution in [2.24, 2.45) is 0 Å². The lowest BCUT2D eigenvalue weighted by Crippen LogP contribution is -2.41. The number of rotatable bonds is 3. The number of amides is 1. The Hall–Kier alpha value is -1.76. The van der Waals surface area contributed by atoms with Crippen LogP contribution < -0.4 is 9.80 Å². The monoisotopic (exact) mass is 302 g/mol. The first-order valence-electron chi connectivity index (χ1n) is 6.75. The summed E-state index contributed by atoms with van der Waals surface area (Å²) in [6.45, 7) is 4.25. The molecular weight excluding hydrogens is 285 g/mol. The predicted molar refractivity (Wildman–Crippen MR) is 73.6 cm³/mol. The molecule has 0 spiro atoms. The van der Waals surface area contributed by atoms with Gasteiger partial charge in [0.25, 0.3) is 0 Å². The van der Waals surface area contributed by atoms with E-state index in [2.05, 4.69) is 4.90 Å². The minimum absolute atomic E-state index is 0.0325. The first-order chi connectivity index (χ1) is 9.93. The minimum Gasteiger partial charge on any atom is -0.378 e. The Morgan fingerprint density at radius 1 is 1.24 bits per heavy atom. The van der Waals surface area contributed by atoms with Crippen molar-refractivity contribution in [3.8, 4) is 0 Å². The molecule has 7 heteroatoms. The number of ether oxygens (including phenoxy) is 1. The van der Waals surface area contributed by atoms with Crippen LogP contribution in [0, 0.1) is 0 Å². The molecule has 1 amide bonds. The highest BCUT2D eigenvalue weighted by Gasteiger charge is 2.42. The Labute approximate surface area is 121 Å². The summed E-state index contributed by atoms with van der Waals surface area (Å²) in [6, 6.07) is 6.54. The largest absolute Gasteiger partial charge is 0.471 e. The van der Waals surface area contributed by atoms with Crippen LogP contribution in [0.1, 0.15) is 6.92 Å². The lowest BCUT2D eigenvalue weighted by molar-refractivity contribution is -0.170. The number of hydrogen-bond donors (Lipinski definition) is 0. The molecule has 0 bridgehead atoms. The van der Waals surface area contributed by atoms with Crippen LogP contribution in [0.5, 0.6) is 0 Å². The molecule has 0 unspecified atom stereocenters. The molecule has 2 rings (SSSR count). The first-order valence-corrected chi connectivity index (χ1v) is 6.75. The van der Waals surface area contributed by atoms with Gasteiger partial charge in [-0.2, -0.15) is 13.2 Å². The van der Waals surface area contributed by atoms with Crippen molar-refractivity contribution in [3.63, 3.8) is 0 Å². The maximum Gasteiger partial charge on any atom is 0.471 e. The van der Waals surface area contributed by atoms with Gasteiger partial charge >= 0.3 is 12.1 Å². The van der Waals surface area contributed by atoms with Crippen molar-refractivity contribution in [1.29, 1.82) is 0 Å². The maximum absolute atomic E-state index is 12.5. The van der Waals surface area contributed by atoms with Crippen molar-refractivity contribution in [3.05, 3.63) is 24.3 Å². The normalized spacial score (nSPS) is 15.9. The molecule has 1 aliphatic heterocycles. The standard InChI is InChI=1S/C14H17F3N2O2/c1-2-19(13(20)14(15,16)17)12-5-3-11(4-6-12)18-7-9-21-10-8-18/h3-6H,2,7-10H2,1H3. The lowest BCUT2D eigenvalue weighted by atomic mass is 10.2. The van der Waals surface area contributed by atoms with Gasteiger partial charge in [-0.3, -0.25) is 4.79 Å². The summed E-state index contributed by atoms with van der Waals surface area (Å²) in [5, 5.41) is 0. The Balaban J connectivity index is 2.14. The molecule has 0 aromatic heterocycles. The second-order valence-electron chi connectivity index (χ2n) is 4.66. The molecule has 0 N–H and O–H groups in total. The van der Waals surface area contributed by atoms with Gasteiger partial charge in [0.2, 0.25) is 0 Å². The van der Waals surface area contributed by atoms with Crippen LogP contribution in [0.15, 0.2) is 24.3 Å². The predicted octanol–water partition coefficient (Wildman–Crippen LogP) is 2.44. The average Bonchev–Trinajstić information content (AvgIpc) is 2.48. The van der Waals surface area contributed by atoms with E-state index in [-0.39, 0.29) is 12.2 Å². The molecule has 0 saturated carbocycles. The third-order valence-electron chi connectivity index (χ3n) is 3.34. The van der Waals surface area contributed by atoms with Crippen LogP contribution in [-0.4, -0.2) is 44.9 Å². The van der Waals surface area contributed by atoms with E-state index < -0.39 is 12.1 Å². The molecule has 4 nitrogen and oxygen atoms in total. The van der Waals surface area contributed by atoms with Gasteiger partial charge in [-0.25, -0.2) is 0 Å². The molecular formula is C14H17F3N2O2. The van der Waals surface area contributed by atoms with Crippen LogP contribution >= 0.6 is 0 Å². The summed E-state index contributed by atoms with van der Waals surface area (Å²) in [5.74, 6) is -1.84. The topological polar surface area (TPSA) is 32.8 Å². The number of benzene rings is 1. The second-order valence-corrected chi connectivity index (χ2v) is 4.66. The van der Waals surface area contributed by atoms with E-state index in [0.29, 0.717) is 13.2 Å². The summed E-state index contributed by atoms with van der Waals surface area (Å²) in [6.07, 6.45) is -4.86. The number of alkyl halides is 3. The van der Waals surface area contributed by atoms with Gasteiger partial charge in [0, 0.05) is 31.0 Å². The van der Waals surface area contributed by atoms with Gasteiger partial charge in [0.1, 0.15) is 0 Å². The second kappa shape index (κ2) is 6.34. The van der Waals surface area contributed by atoms with E-state index in [1.807, 2.05) is 0 Å². The van der Waals surface area contributed by atoms with Crippen LogP contribution in [0.25, 0.3) is 0 Å². The SMILES string of the molecule is CCN(C(=O)C(F)(F)F)c1ccc(N2CCOCC2)cc1. The van der Waals surface area contributed by atoms with Gasteiger partial charge in [0.15, 0.2) is 0 Å². The van der Waals surface area contributed by atoms with Gasteiger partial charge in [-0.05, 0) is 31.2 Å². The number of carbonyl (C=O) groups is 1. The molecule has 0 aliphatic carbocycles. The number of morpholine rings is 1. The summed E-state index contributed by atoms with van der Waals surface area (Å²) in [4.78, 5) is 14.2. The summed E-state index contributed by atoms with van der Waals surface area (Å²) in [5.41, 5.74) is 1.16. The summed E-state index contributed by atoms with van der Waals surface area (Å²) < 4.78 is 42.8. The number of hydrogen-bond acceptors (Lipinski definition) is 3. The molecule has 0 atom stereocenters. The highest BCUT2D eigenvalue weighted by molar-refractivity contribution is 5.97. The Morgan fingerprint density at radius 3 is 2.29 bits per heavy atom. The molecule has 1 heterocycles. The van der Waals surface area contributed by atoms with E-state index in [4.69, 9.17) is 4.74 Å². The van der Waals surface area contributed by atoms with Crippen molar-refractivity contribution < 1.29 is 22.7 Å². The van der Waals surface area contributed by atoms with E-state index >= 15 is 0 Å². The zero-order valence-corrected chi connectivity index (χ0v) is 11.7. The zero-order chi connectivity index (χ0) is 15.5. The third-order valence-corrected chi connectivity index (χ3v) is 3.34. The molecule has 1 saturated heterocycles. The van der Waals surface area contributed by atoms with Gasteiger partial charge in [0.05, 0.1) is 13.2 Å². The number of anilines is 2. The van der Waals surface area contributed by atoms with Gasteiger partial charge in [-0.1, -0.05) is 0 Å². The van der Waals surface area contributed by atoms with E-state index in [0.717, 1.165) is 23.7 Å². The van der Waals surface area contributed by atoms with Crippen LogP contribution in [0.4, 0.5) is 24.5 Å². The molecule has 21 heavy (non-hydrogen) atoms.